The van der Waals surface area contributed by atoms with Crippen molar-refractivity contribution >= 4 is 38.1 Å². The minimum Gasteiger partial charge on any atom is -0.435 e. The maximum atomic E-state index is 13.2. The van der Waals surface area contributed by atoms with E-state index in [0.717, 1.165) is 10.9 Å². The molecule has 0 radical (unpaired) electrons. The summed E-state index contributed by atoms with van der Waals surface area (Å²) >= 11 is 0. The zero-order valence-corrected chi connectivity index (χ0v) is 21.0. The molecule has 1 amide bonds. The lowest BCUT2D eigenvalue weighted by Crippen LogP contribution is -2.36. The Morgan fingerprint density at radius 3 is 2.24 bits per heavy atom. The molecule has 0 atom stereocenters. The molecule has 1 aliphatic rings. The highest BCUT2D eigenvalue weighted by Gasteiger charge is 2.35. The molecule has 5 rings (SSSR count). The van der Waals surface area contributed by atoms with Gasteiger partial charge in [-0.25, -0.2) is 8.42 Å². The fourth-order valence-electron chi connectivity index (χ4n) is 4.38. The summed E-state index contributed by atoms with van der Waals surface area (Å²) in [5.41, 5.74) is 8.40. The Morgan fingerprint density at radius 1 is 0.921 bits per heavy atom. The number of nitrogens with one attached hydrogen (secondary N) is 2. The summed E-state index contributed by atoms with van der Waals surface area (Å²) in [6, 6.07) is 23.4. The number of carbonyl (C=O) groups is 1. The largest absolute Gasteiger partial charge is 0.435 e. The summed E-state index contributed by atoms with van der Waals surface area (Å²) in [5.74, 6) is -0.370. The Bertz CT molecular complexity index is 1630. The Balaban J connectivity index is 1.25. The first-order chi connectivity index (χ1) is 18.3. The lowest BCUT2D eigenvalue weighted by molar-refractivity contribution is -0.0498. The molecule has 0 bridgehead atoms. The van der Waals surface area contributed by atoms with Crippen LogP contribution in [0, 0.1) is 0 Å². The molecule has 0 saturated heterocycles. The molecule has 38 heavy (non-hydrogen) atoms. The second-order valence-electron chi connectivity index (χ2n) is 8.52. The van der Waals surface area contributed by atoms with Crippen molar-refractivity contribution in [2.24, 2.45) is 0 Å². The van der Waals surface area contributed by atoms with Crippen LogP contribution in [0.2, 0.25) is 0 Å². The van der Waals surface area contributed by atoms with Crippen molar-refractivity contribution in [2.45, 2.75) is 25.0 Å². The Hall–Kier alpha value is -4.44. The van der Waals surface area contributed by atoms with E-state index < -0.39 is 22.5 Å². The third-order valence-corrected chi connectivity index (χ3v) is 8.02. The summed E-state index contributed by atoms with van der Waals surface area (Å²) < 4.78 is 56.9. The maximum absolute atomic E-state index is 13.2. The second kappa shape index (κ2) is 10.1. The van der Waals surface area contributed by atoms with Crippen molar-refractivity contribution in [3.8, 4) is 5.75 Å². The van der Waals surface area contributed by atoms with E-state index in [9.17, 15) is 22.0 Å². The van der Waals surface area contributed by atoms with E-state index in [2.05, 4.69) is 15.6 Å². The van der Waals surface area contributed by atoms with Crippen molar-refractivity contribution in [3.63, 3.8) is 0 Å². The zero-order chi connectivity index (χ0) is 26.9. The highest BCUT2D eigenvalue weighted by atomic mass is 32.2. The molecule has 10 heteroatoms. The van der Waals surface area contributed by atoms with Gasteiger partial charge in [-0.3, -0.25) is 20.0 Å². The van der Waals surface area contributed by atoms with E-state index in [1.54, 1.807) is 67.6 Å². The van der Waals surface area contributed by atoms with E-state index in [0.29, 0.717) is 32.8 Å². The number of alkyl halides is 2. The molecule has 1 heterocycles. The van der Waals surface area contributed by atoms with Crippen LogP contribution in [0.15, 0.2) is 95.9 Å². The quantitative estimate of drug-likeness (QED) is 0.293. The molecular formula is C28H23F2N3O4S. The number of amides is 1. The van der Waals surface area contributed by atoms with Crippen molar-refractivity contribution in [2.75, 3.05) is 4.31 Å². The van der Waals surface area contributed by atoms with Crippen LogP contribution in [0.4, 0.5) is 14.5 Å². The molecule has 2 N–H and O–H groups in total. The average Bonchev–Trinajstić information content (AvgIpc) is 3.13. The summed E-state index contributed by atoms with van der Waals surface area (Å²) in [6.07, 6.45) is 1.72. The molecule has 1 aliphatic heterocycles. The molecule has 0 spiro atoms. The Morgan fingerprint density at radius 2 is 1.58 bits per heavy atom. The van der Waals surface area contributed by atoms with Gasteiger partial charge < -0.3 is 4.74 Å². The van der Waals surface area contributed by atoms with E-state index in [4.69, 9.17) is 0 Å². The maximum Gasteiger partial charge on any atom is 0.387 e. The normalized spacial score (nSPS) is 14.1. The van der Waals surface area contributed by atoms with Crippen molar-refractivity contribution in [3.05, 3.63) is 108 Å². The van der Waals surface area contributed by atoms with Gasteiger partial charge in [-0.1, -0.05) is 42.5 Å². The lowest BCUT2D eigenvalue weighted by Gasteiger charge is -2.19. The summed E-state index contributed by atoms with van der Waals surface area (Å²) in [5, 5.41) is 1.58. The molecule has 0 fully saturated rings. The number of hydrogen-bond acceptors (Lipinski definition) is 5. The van der Waals surface area contributed by atoms with Gasteiger partial charge in [0.2, 0.25) is 0 Å². The molecule has 7 nitrogen and oxygen atoms in total. The van der Waals surface area contributed by atoms with Crippen molar-refractivity contribution in [1.82, 2.24) is 10.9 Å². The molecule has 4 aromatic rings. The zero-order valence-electron chi connectivity index (χ0n) is 20.2. The van der Waals surface area contributed by atoms with Crippen LogP contribution in [0.5, 0.6) is 5.75 Å². The topological polar surface area (TPSA) is 87.7 Å². The molecule has 0 aromatic heterocycles. The molecule has 0 aliphatic carbocycles. The number of hydrogen-bond donors (Lipinski definition) is 2. The molecule has 0 unspecified atom stereocenters. The Kier molecular flexibility index (Phi) is 6.73. The van der Waals surface area contributed by atoms with Crippen LogP contribution in [0.1, 0.15) is 28.4 Å². The number of anilines is 1. The fourth-order valence-corrected chi connectivity index (χ4v) is 6.08. The van der Waals surface area contributed by atoms with Crippen LogP contribution >= 0.6 is 0 Å². The number of hydrazine groups is 1. The first-order valence-corrected chi connectivity index (χ1v) is 13.1. The first-order valence-electron chi connectivity index (χ1n) is 11.7. The van der Waals surface area contributed by atoms with Gasteiger partial charge in [0.1, 0.15) is 5.75 Å². The van der Waals surface area contributed by atoms with E-state index in [1.807, 2.05) is 18.2 Å². The molecule has 0 saturated carbocycles. The number of ether oxygens (including phenoxy) is 1. The number of rotatable bonds is 8. The van der Waals surface area contributed by atoms with Crippen molar-refractivity contribution in [1.29, 1.82) is 0 Å². The highest BCUT2D eigenvalue weighted by molar-refractivity contribution is 7.93. The first kappa shape index (κ1) is 25.2. The number of allylic oxidation sites excluding steroid dienone is 1. The van der Waals surface area contributed by atoms with Gasteiger partial charge in [-0.15, -0.1) is 0 Å². The number of nitrogens with zero attached hydrogens (tertiary/aromatic N) is 1. The van der Waals surface area contributed by atoms with Gasteiger partial charge in [0, 0.05) is 10.9 Å². The monoisotopic (exact) mass is 535 g/mol. The third-order valence-electron chi connectivity index (χ3n) is 6.21. The Labute approximate surface area is 218 Å². The minimum absolute atomic E-state index is 0.0330. The molecule has 4 aromatic carbocycles. The predicted molar refractivity (Wildman–Crippen MR) is 141 cm³/mol. The van der Waals surface area contributed by atoms with Gasteiger partial charge in [0.25, 0.3) is 15.9 Å². The second-order valence-corrected chi connectivity index (χ2v) is 10.4. The average molecular weight is 536 g/mol. The smallest absolute Gasteiger partial charge is 0.387 e. The van der Waals surface area contributed by atoms with E-state index in [-0.39, 0.29) is 12.3 Å². The van der Waals surface area contributed by atoms with Gasteiger partial charge in [-0.2, -0.15) is 8.78 Å². The van der Waals surface area contributed by atoms with Crippen molar-refractivity contribution < 1.29 is 26.7 Å². The minimum atomic E-state index is -3.69. The van der Waals surface area contributed by atoms with Gasteiger partial charge in [-0.05, 0) is 72.0 Å². The van der Waals surface area contributed by atoms with Gasteiger partial charge >= 0.3 is 6.61 Å². The van der Waals surface area contributed by atoms with Gasteiger partial charge in [0.15, 0.2) is 0 Å². The summed E-state index contributed by atoms with van der Waals surface area (Å²) in [4.78, 5) is 13.0. The van der Waals surface area contributed by atoms with Gasteiger partial charge in [0.05, 0.1) is 22.8 Å². The highest BCUT2D eigenvalue weighted by Crippen LogP contribution is 2.42. The van der Waals surface area contributed by atoms with Crippen LogP contribution in [-0.4, -0.2) is 20.9 Å². The molecular weight excluding hydrogens is 512 g/mol. The summed E-state index contributed by atoms with van der Waals surface area (Å²) in [7, 11) is -3.69. The van der Waals surface area contributed by atoms with Crippen LogP contribution in [0.3, 0.4) is 0 Å². The van der Waals surface area contributed by atoms with Crippen LogP contribution in [-0.2, 0) is 16.6 Å². The lowest BCUT2D eigenvalue weighted by atomic mass is 10.1. The third kappa shape index (κ3) is 4.78. The predicted octanol–water partition coefficient (Wildman–Crippen LogP) is 5.45. The SMILES string of the molecule is C/C=C(/NNC(=O)c1ccc(CN2c3cccc4cccc(c34)S2(=O)=O)cc1)c1ccc(OC(F)F)cc1. The standard InChI is InChI=1S/C28H23F2N3O4S/c1-2-23(19-13-15-22(16-14-19)37-28(29)30)31-32-27(34)21-11-9-18(10-12-21)17-33-24-7-3-5-20-6-4-8-25(26(20)24)38(33,35)36/h2-16,28,31H,17H2,1H3,(H,32,34)/b23-2+. The van der Waals surface area contributed by atoms with Crippen LogP contribution < -0.4 is 19.9 Å². The number of halogens is 2. The number of carbonyl (C=O) groups excluding carboxylic acids is 1. The van der Waals surface area contributed by atoms with Crippen LogP contribution in [0.25, 0.3) is 16.5 Å². The number of sulfonamides is 1. The van der Waals surface area contributed by atoms with E-state index in [1.165, 1.54) is 16.4 Å². The van der Waals surface area contributed by atoms with E-state index >= 15 is 0 Å². The number of benzene rings is 4. The molecule has 194 valence electrons. The fraction of sp³-hybridized carbons (Fsp3) is 0.107. The summed E-state index contributed by atoms with van der Waals surface area (Å²) in [6.45, 7) is -1.02.